The first kappa shape index (κ1) is 33.0. The first-order valence-corrected chi connectivity index (χ1v) is 16.8. The SMILES string of the molecule is CCC(C)n1ncn(-c2ncc(N3CCN(c4ccc(OC[C@@H]5CO[C@@](Cn6cnnn6)(c6ccc(Cl)cc6Cl)O5)cc4)CC3)cn2)c1=O. The number of anilines is 2. The summed E-state index contributed by atoms with van der Waals surface area (Å²) in [5.41, 5.74) is 2.40. The highest BCUT2D eigenvalue weighted by Crippen LogP contribution is 2.40. The molecule has 2 saturated heterocycles. The average molecular weight is 709 g/mol. The Bertz CT molecular complexity index is 1910. The van der Waals surface area contributed by atoms with Crippen LogP contribution < -0.4 is 20.2 Å². The van der Waals surface area contributed by atoms with Crippen LogP contribution in [-0.4, -0.2) is 90.0 Å². The van der Waals surface area contributed by atoms with E-state index in [1.54, 1.807) is 30.6 Å². The summed E-state index contributed by atoms with van der Waals surface area (Å²) in [6.45, 7) is 7.99. The van der Waals surface area contributed by atoms with Gasteiger partial charge < -0.3 is 24.0 Å². The molecule has 0 spiro atoms. The third-order valence-corrected chi connectivity index (χ3v) is 9.33. The van der Waals surface area contributed by atoms with Crippen LogP contribution in [0.15, 0.2) is 72.3 Å². The Kier molecular flexibility index (Phi) is 9.49. The first-order valence-electron chi connectivity index (χ1n) is 16.0. The number of benzene rings is 2. The third kappa shape index (κ3) is 6.97. The predicted molar refractivity (Wildman–Crippen MR) is 182 cm³/mol. The van der Waals surface area contributed by atoms with E-state index in [4.69, 9.17) is 37.4 Å². The maximum absolute atomic E-state index is 12.7. The summed E-state index contributed by atoms with van der Waals surface area (Å²) >= 11 is 12.7. The largest absolute Gasteiger partial charge is 0.491 e. The van der Waals surface area contributed by atoms with Crippen LogP contribution in [0.4, 0.5) is 11.4 Å². The summed E-state index contributed by atoms with van der Waals surface area (Å²) in [5.74, 6) is -0.174. The Labute approximate surface area is 291 Å². The van der Waals surface area contributed by atoms with E-state index in [1.807, 2.05) is 26.0 Å². The number of tetrazole rings is 1. The van der Waals surface area contributed by atoms with Crippen molar-refractivity contribution in [3.8, 4) is 11.7 Å². The van der Waals surface area contributed by atoms with Crippen LogP contribution in [0, 0.1) is 0 Å². The molecule has 7 rings (SSSR count). The fraction of sp³-hybridized carbons (Fsp3) is 0.406. The molecule has 0 radical (unpaired) electrons. The highest BCUT2D eigenvalue weighted by Gasteiger charge is 2.45. The van der Waals surface area contributed by atoms with Gasteiger partial charge in [0, 0.05) is 42.5 Å². The van der Waals surface area contributed by atoms with Gasteiger partial charge in [-0.05, 0) is 60.2 Å². The van der Waals surface area contributed by atoms with Crippen LogP contribution in [0.1, 0.15) is 31.9 Å². The number of ether oxygens (including phenoxy) is 3. The van der Waals surface area contributed by atoms with E-state index < -0.39 is 5.79 Å². The maximum atomic E-state index is 12.7. The van der Waals surface area contributed by atoms with E-state index in [0.717, 1.165) is 49.7 Å². The van der Waals surface area contributed by atoms with Gasteiger partial charge in [0.15, 0.2) is 0 Å². The topological polar surface area (TPSA) is 143 Å². The number of rotatable bonds is 11. The van der Waals surface area contributed by atoms with Crippen molar-refractivity contribution in [3.63, 3.8) is 0 Å². The zero-order valence-corrected chi connectivity index (χ0v) is 28.5. The van der Waals surface area contributed by atoms with E-state index in [2.05, 4.69) is 52.5 Å². The lowest BCUT2D eigenvalue weighted by atomic mass is 10.1. The molecule has 0 saturated carbocycles. The number of halogens is 2. The van der Waals surface area contributed by atoms with Crippen LogP contribution in [0.5, 0.6) is 5.75 Å². The molecule has 1 unspecified atom stereocenters. The van der Waals surface area contributed by atoms with E-state index >= 15 is 0 Å². The molecule has 0 amide bonds. The molecule has 0 aliphatic carbocycles. The van der Waals surface area contributed by atoms with Gasteiger partial charge in [-0.25, -0.2) is 28.7 Å². The highest BCUT2D eigenvalue weighted by atomic mass is 35.5. The monoisotopic (exact) mass is 707 g/mol. The van der Waals surface area contributed by atoms with Gasteiger partial charge in [-0.2, -0.15) is 5.10 Å². The Morgan fingerprint density at radius 1 is 1.00 bits per heavy atom. The Balaban J connectivity index is 0.925. The molecular weight excluding hydrogens is 673 g/mol. The molecule has 256 valence electrons. The number of hydrogen-bond acceptors (Lipinski definition) is 12. The van der Waals surface area contributed by atoms with E-state index in [-0.39, 0.29) is 31.0 Å². The Morgan fingerprint density at radius 3 is 2.41 bits per heavy atom. The number of hydrogen-bond donors (Lipinski definition) is 0. The summed E-state index contributed by atoms with van der Waals surface area (Å²) in [6, 6.07) is 13.2. The van der Waals surface area contributed by atoms with Crippen molar-refractivity contribution in [1.29, 1.82) is 0 Å². The number of nitrogens with zero attached hydrogens (tertiary/aromatic N) is 11. The molecule has 2 fully saturated rings. The zero-order valence-electron chi connectivity index (χ0n) is 27.0. The number of piperazine rings is 1. The summed E-state index contributed by atoms with van der Waals surface area (Å²) in [5, 5.41) is 16.6. The van der Waals surface area contributed by atoms with Crippen LogP contribution in [-0.2, 0) is 21.8 Å². The lowest BCUT2D eigenvalue weighted by Crippen LogP contribution is -2.46. The second-order valence-electron chi connectivity index (χ2n) is 11.9. The average Bonchev–Trinajstić information content (AvgIpc) is 3.88. The molecule has 17 heteroatoms. The molecular formula is C32H35Cl2N11O4. The van der Waals surface area contributed by atoms with Gasteiger partial charge >= 0.3 is 5.69 Å². The van der Waals surface area contributed by atoms with Crippen molar-refractivity contribution in [2.75, 3.05) is 49.2 Å². The standard InChI is InChI=1S/C32H35Cl2N11O4/c1-3-22(2)45-31(46)44(21-38-45)30-35-15-25(16-36-30)42-12-10-41(11-13-42)24-5-7-26(8-6-24)47-17-27-18-48-32(49-27,19-43-20-37-39-40-43)28-9-4-23(33)14-29(28)34/h4-9,14-16,20-22,27H,3,10-13,17-19H2,1-2H3/t22?,27-,32-/m1/s1. The first-order chi connectivity index (χ1) is 23.8. The van der Waals surface area contributed by atoms with Crippen molar-refractivity contribution >= 4 is 34.6 Å². The molecule has 0 bridgehead atoms. The molecule has 5 aromatic rings. The number of aromatic nitrogens is 9. The Morgan fingerprint density at radius 2 is 1.73 bits per heavy atom. The molecule has 3 atom stereocenters. The van der Waals surface area contributed by atoms with Crippen LogP contribution in [0.3, 0.4) is 0 Å². The van der Waals surface area contributed by atoms with Crippen molar-refractivity contribution in [2.24, 2.45) is 0 Å². The van der Waals surface area contributed by atoms with E-state index in [1.165, 1.54) is 26.6 Å². The molecule has 5 heterocycles. The Hall–Kier alpha value is -4.57. The van der Waals surface area contributed by atoms with Gasteiger partial charge in [0.2, 0.25) is 11.7 Å². The zero-order chi connectivity index (χ0) is 34.0. The summed E-state index contributed by atoms with van der Waals surface area (Å²) < 4.78 is 23.1. The van der Waals surface area contributed by atoms with Crippen LogP contribution in [0.25, 0.3) is 5.95 Å². The lowest BCUT2D eigenvalue weighted by molar-refractivity contribution is -0.190. The minimum Gasteiger partial charge on any atom is -0.491 e. The van der Waals surface area contributed by atoms with Gasteiger partial charge in [0.1, 0.15) is 37.7 Å². The normalized spacial score (nSPS) is 20.1. The molecule has 0 N–H and O–H groups in total. The molecule has 2 aliphatic heterocycles. The van der Waals surface area contributed by atoms with E-state index in [9.17, 15) is 4.79 Å². The van der Waals surface area contributed by atoms with Crippen LogP contribution in [0.2, 0.25) is 10.0 Å². The van der Waals surface area contributed by atoms with Gasteiger partial charge in [-0.3, -0.25) is 0 Å². The fourth-order valence-corrected chi connectivity index (χ4v) is 6.47. The summed E-state index contributed by atoms with van der Waals surface area (Å²) in [6.07, 6.45) is 6.93. The van der Waals surface area contributed by atoms with Crippen molar-refractivity contribution in [1.82, 2.24) is 44.5 Å². The van der Waals surface area contributed by atoms with Crippen molar-refractivity contribution in [2.45, 2.75) is 44.7 Å². The maximum Gasteiger partial charge on any atom is 0.353 e. The summed E-state index contributed by atoms with van der Waals surface area (Å²) in [4.78, 5) is 26.2. The van der Waals surface area contributed by atoms with Gasteiger partial charge in [-0.15, -0.1) is 5.10 Å². The minimum atomic E-state index is -1.21. The highest BCUT2D eigenvalue weighted by molar-refractivity contribution is 6.35. The smallest absolute Gasteiger partial charge is 0.353 e. The molecule has 49 heavy (non-hydrogen) atoms. The van der Waals surface area contributed by atoms with Gasteiger partial charge in [0.05, 0.1) is 35.8 Å². The van der Waals surface area contributed by atoms with Gasteiger partial charge in [0.25, 0.3) is 0 Å². The third-order valence-electron chi connectivity index (χ3n) is 8.79. The summed E-state index contributed by atoms with van der Waals surface area (Å²) in [7, 11) is 0. The lowest BCUT2D eigenvalue weighted by Gasteiger charge is -2.37. The molecule has 3 aromatic heterocycles. The van der Waals surface area contributed by atoms with Crippen LogP contribution >= 0.6 is 23.2 Å². The molecule has 15 nitrogen and oxygen atoms in total. The molecule has 2 aromatic carbocycles. The minimum absolute atomic E-state index is 0.00732. The van der Waals surface area contributed by atoms with Crippen molar-refractivity contribution < 1.29 is 14.2 Å². The second-order valence-corrected chi connectivity index (χ2v) is 12.8. The van der Waals surface area contributed by atoms with Crippen molar-refractivity contribution in [3.05, 3.63) is 93.6 Å². The predicted octanol–water partition coefficient (Wildman–Crippen LogP) is 3.76. The fourth-order valence-electron chi connectivity index (χ4n) is 5.92. The molecule has 2 aliphatic rings. The quantitative estimate of drug-likeness (QED) is 0.197. The second kappa shape index (κ2) is 14.1. The van der Waals surface area contributed by atoms with Gasteiger partial charge in [-0.1, -0.05) is 36.2 Å². The van der Waals surface area contributed by atoms with E-state index in [0.29, 0.717) is 28.2 Å².